The molecule has 0 aliphatic heterocycles. The van der Waals surface area contributed by atoms with Crippen molar-refractivity contribution >= 4 is 11.9 Å². The molecular formula is C84H163NO5. The van der Waals surface area contributed by atoms with E-state index in [-0.39, 0.29) is 18.5 Å². The molecule has 2 atom stereocenters. The van der Waals surface area contributed by atoms with Gasteiger partial charge in [0, 0.05) is 12.8 Å². The van der Waals surface area contributed by atoms with Gasteiger partial charge in [-0.3, -0.25) is 9.59 Å². The maximum absolute atomic E-state index is 12.6. The second-order valence-electron chi connectivity index (χ2n) is 28.8. The number of hydrogen-bond acceptors (Lipinski definition) is 5. The maximum Gasteiger partial charge on any atom is 0.305 e. The van der Waals surface area contributed by atoms with Gasteiger partial charge in [-0.15, -0.1) is 0 Å². The van der Waals surface area contributed by atoms with Gasteiger partial charge in [-0.25, -0.2) is 0 Å². The fraction of sp³-hybridized carbons (Fsp3) is 0.929. The quantitative estimate of drug-likeness (QED) is 0.0320. The van der Waals surface area contributed by atoms with Gasteiger partial charge in [0.15, 0.2) is 0 Å². The molecule has 2 unspecified atom stereocenters. The number of rotatable bonds is 79. The van der Waals surface area contributed by atoms with E-state index < -0.39 is 12.1 Å². The molecule has 0 aromatic heterocycles. The molecule has 0 aliphatic carbocycles. The second kappa shape index (κ2) is 79.8. The molecule has 0 aromatic carbocycles. The van der Waals surface area contributed by atoms with E-state index in [1.807, 2.05) is 0 Å². The van der Waals surface area contributed by atoms with Gasteiger partial charge in [0.2, 0.25) is 5.91 Å². The molecule has 6 nitrogen and oxygen atoms in total. The summed E-state index contributed by atoms with van der Waals surface area (Å²) in [6, 6.07) is -0.541. The van der Waals surface area contributed by atoms with Gasteiger partial charge in [-0.1, -0.05) is 411 Å². The molecule has 1 amide bonds. The molecule has 0 aliphatic rings. The summed E-state index contributed by atoms with van der Waals surface area (Å²) in [7, 11) is 0. The first-order chi connectivity index (χ1) is 44.5. The van der Waals surface area contributed by atoms with Crippen molar-refractivity contribution in [3.63, 3.8) is 0 Å². The van der Waals surface area contributed by atoms with E-state index in [1.165, 1.54) is 398 Å². The summed E-state index contributed by atoms with van der Waals surface area (Å²) in [4.78, 5) is 24.7. The summed E-state index contributed by atoms with van der Waals surface area (Å²) < 4.78 is 5.51. The van der Waals surface area contributed by atoms with Crippen LogP contribution in [0.2, 0.25) is 0 Å². The van der Waals surface area contributed by atoms with Crippen LogP contribution in [-0.4, -0.2) is 47.4 Å². The van der Waals surface area contributed by atoms with Gasteiger partial charge in [0.1, 0.15) is 0 Å². The molecule has 0 saturated carbocycles. The van der Waals surface area contributed by atoms with Crippen molar-refractivity contribution in [2.75, 3.05) is 13.2 Å². The number of aliphatic hydroxyl groups excluding tert-OH is 2. The average molecular weight is 1270 g/mol. The monoisotopic (exact) mass is 1270 g/mol. The second-order valence-corrected chi connectivity index (χ2v) is 28.8. The third kappa shape index (κ3) is 75.4. The number of ether oxygens (including phenoxy) is 1. The molecule has 0 bridgehead atoms. The number of esters is 1. The lowest BCUT2D eigenvalue weighted by Crippen LogP contribution is -2.45. The highest BCUT2D eigenvalue weighted by atomic mass is 16.5. The lowest BCUT2D eigenvalue weighted by Gasteiger charge is -2.22. The normalized spacial score (nSPS) is 12.5. The van der Waals surface area contributed by atoms with Gasteiger partial charge < -0.3 is 20.3 Å². The lowest BCUT2D eigenvalue weighted by atomic mass is 10.0. The highest BCUT2D eigenvalue weighted by Crippen LogP contribution is 2.20. The van der Waals surface area contributed by atoms with Gasteiger partial charge in [0.05, 0.1) is 25.4 Å². The van der Waals surface area contributed by atoms with Crippen LogP contribution in [0.4, 0.5) is 0 Å². The summed E-state index contributed by atoms with van der Waals surface area (Å²) in [5.41, 5.74) is 0. The zero-order valence-electron chi connectivity index (χ0n) is 61.4. The molecular weight excluding hydrogens is 1100 g/mol. The van der Waals surface area contributed by atoms with Crippen molar-refractivity contribution in [3.05, 3.63) is 24.3 Å². The van der Waals surface area contributed by atoms with Gasteiger partial charge >= 0.3 is 5.97 Å². The molecule has 0 aromatic rings. The van der Waals surface area contributed by atoms with Crippen molar-refractivity contribution in [3.8, 4) is 0 Å². The lowest BCUT2D eigenvalue weighted by molar-refractivity contribution is -0.143. The Balaban J connectivity index is 3.36. The summed E-state index contributed by atoms with van der Waals surface area (Å²) in [5, 5.41) is 23.5. The Morgan fingerprint density at radius 3 is 0.789 bits per heavy atom. The van der Waals surface area contributed by atoms with Crippen LogP contribution in [0.3, 0.4) is 0 Å². The van der Waals surface area contributed by atoms with Gasteiger partial charge in [-0.05, 0) is 77.0 Å². The van der Waals surface area contributed by atoms with E-state index in [4.69, 9.17) is 4.74 Å². The smallest absolute Gasteiger partial charge is 0.305 e. The molecule has 0 fully saturated rings. The summed E-state index contributed by atoms with van der Waals surface area (Å²) in [6.07, 6.45) is 103. The zero-order valence-corrected chi connectivity index (χ0v) is 61.4. The summed E-state index contributed by atoms with van der Waals surface area (Å²) in [5.74, 6) is -0.0111. The third-order valence-electron chi connectivity index (χ3n) is 19.7. The molecule has 90 heavy (non-hydrogen) atoms. The Morgan fingerprint density at radius 2 is 0.522 bits per heavy atom. The van der Waals surface area contributed by atoms with Crippen LogP contribution in [0.25, 0.3) is 0 Å². The standard InChI is InChI=1S/C84H163NO5/c1-3-5-7-9-11-13-15-17-19-21-22-23-24-32-35-38-41-45-48-52-56-60-64-68-72-76-82(87)81(80-86)85-83(88)77-73-69-65-61-57-53-49-46-42-39-36-33-30-28-26-25-27-29-31-34-37-40-43-47-51-55-59-63-67-71-75-79-90-84(89)78-74-70-66-62-58-54-50-44-20-18-16-14-12-10-8-6-4-2/h18,20,27,29,81-82,86-87H,3-17,19,21-26,28,30-80H2,1-2H3,(H,85,88)/b20-18-,29-27-. The van der Waals surface area contributed by atoms with Crippen LogP contribution in [0.1, 0.15) is 476 Å². The third-order valence-corrected chi connectivity index (χ3v) is 19.7. The SMILES string of the molecule is CCCCCCCC/C=C\CCCCCCCCCC(=O)OCCCCCCCCCCCCCC/C=C\CCCCCCCCCCCCCCCCCC(=O)NC(CO)C(O)CCCCCCCCCCCCCCCCCCCCCCCCCCC. The zero-order chi connectivity index (χ0) is 64.9. The average Bonchev–Trinajstić information content (AvgIpc) is 3.69. The number of aliphatic hydroxyl groups is 2. The van der Waals surface area contributed by atoms with Crippen LogP contribution in [0.15, 0.2) is 24.3 Å². The minimum absolute atomic E-state index is 0.0156. The predicted octanol–water partition coefficient (Wildman–Crippen LogP) is 27.6. The molecule has 0 heterocycles. The minimum atomic E-state index is -0.665. The Morgan fingerprint density at radius 1 is 0.300 bits per heavy atom. The molecule has 0 spiro atoms. The van der Waals surface area contributed by atoms with Crippen LogP contribution in [-0.2, 0) is 14.3 Å². The highest BCUT2D eigenvalue weighted by molar-refractivity contribution is 5.76. The van der Waals surface area contributed by atoms with Crippen LogP contribution in [0, 0.1) is 0 Å². The number of carbonyl (C=O) groups excluding carboxylic acids is 2. The van der Waals surface area contributed by atoms with Crippen molar-refractivity contribution in [1.29, 1.82) is 0 Å². The number of allylic oxidation sites excluding steroid dienone is 4. The molecule has 0 radical (unpaired) electrons. The molecule has 534 valence electrons. The molecule has 3 N–H and O–H groups in total. The maximum atomic E-state index is 12.6. The number of amides is 1. The molecule has 0 saturated heterocycles. The first-order valence-electron chi connectivity index (χ1n) is 41.6. The van der Waals surface area contributed by atoms with Crippen molar-refractivity contribution in [2.24, 2.45) is 0 Å². The largest absolute Gasteiger partial charge is 0.466 e. The van der Waals surface area contributed by atoms with Crippen LogP contribution in [0.5, 0.6) is 0 Å². The van der Waals surface area contributed by atoms with Crippen LogP contribution < -0.4 is 5.32 Å². The van der Waals surface area contributed by atoms with E-state index >= 15 is 0 Å². The summed E-state index contributed by atoms with van der Waals surface area (Å²) >= 11 is 0. The topological polar surface area (TPSA) is 95.9 Å². The fourth-order valence-corrected chi connectivity index (χ4v) is 13.4. The summed E-state index contributed by atoms with van der Waals surface area (Å²) in [6.45, 7) is 5.00. The molecule has 0 rings (SSSR count). The Labute approximate surface area is 564 Å². The van der Waals surface area contributed by atoms with E-state index in [0.717, 1.165) is 44.9 Å². The van der Waals surface area contributed by atoms with E-state index in [1.54, 1.807) is 0 Å². The van der Waals surface area contributed by atoms with E-state index in [0.29, 0.717) is 25.9 Å². The minimum Gasteiger partial charge on any atom is -0.466 e. The number of hydrogen-bond donors (Lipinski definition) is 3. The Bertz CT molecular complexity index is 1410. The van der Waals surface area contributed by atoms with Gasteiger partial charge in [-0.2, -0.15) is 0 Å². The van der Waals surface area contributed by atoms with Gasteiger partial charge in [0.25, 0.3) is 0 Å². The molecule has 6 heteroatoms. The number of unbranched alkanes of at least 4 members (excludes halogenated alkanes) is 64. The van der Waals surface area contributed by atoms with E-state index in [2.05, 4.69) is 43.5 Å². The van der Waals surface area contributed by atoms with Crippen molar-refractivity contribution < 1.29 is 24.5 Å². The fourth-order valence-electron chi connectivity index (χ4n) is 13.4. The van der Waals surface area contributed by atoms with Crippen LogP contribution >= 0.6 is 0 Å². The van der Waals surface area contributed by atoms with Crippen molar-refractivity contribution in [2.45, 2.75) is 488 Å². The first-order valence-corrected chi connectivity index (χ1v) is 41.6. The van der Waals surface area contributed by atoms with E-state index in [9.17, 15) is 19.8 Å². The first kappa shape index (κ1) is 88.3. The number of nitrogens with one attached hydrogen (secondary N) is 1. The Kier molecular flexibility index (Phi) is 78.3. The highest BCUT2D eigenvalue weighted by Gasteiger charge is 2.20. The number of carbonyl (C=O) groups is 2. The van der Waals surface area contributed by atoms with Crippen molar-refractivity contribution in [1.82, 2.24) is 5.32 Å². The Hall–Kier alpha value is -1.66. The predicted molar refractivity (Wildman–Crippen MR) is 398 cm³/mol.